The van der Waals surface area contributed by atoms with Crippen LogP contribution in [0.4, 0.5) is 11.5 Å². The van der Waals surface area contributed by atoms with E-state index in [1.807, 2.05) is 19.1 Å². The molecule has 2 heterocycles. The zero-order valence-electron chi connectivity index (χ0n) is 18.1. The Morgan fingerprint density at radius 3 is 2.81 bits per heavy atom. The summed E-state index contributed by atoms with van der Waals surface area (Å²) < 4.78 is 0. The summed E-state index contributed by atoms with van der Waals surface area (Å²) in [5.74, 6) is 1.82. The minimum atomic E-state index is -0.143. The van der Waals surface area contributed by atoms with Gasteiger partial charge in [0.1, 0.15) is 5.82 Å². The number of benzene rings is 1. The second-order valence-corrected chi connectivity index (χ2v) is 9.38. The SMILES string of the molecule is C=C(NC1=NCCN1)c1cnc(Nc2cccc(C(=O)NC3(C)CC3)c2Cl)c(C2CC2)c1. The van der Waals surface area contributed by atoms with Crippen molar-refractivity contribution in [1.82, 2.24) is 20.9 Å². The van der Waals surface area contributed by atoms with Gasteiger partial charge in [0.25, 0.3) is 5.91 Å². The van der Waals surface area contributed by atoms with Crippen molar-refractivity contribution < 1.29 is 4.79 Å². The first-order valence-corrected chi connectivity index (χ1v) is 11.4. The topological polar surface area (TPSA) is 90.4 Å². The fourth-order valence-corrected chi connectivity index (χ4v) is 4.00. The van der Waals surface area contributed by atoms with Gasteiger partial charge < -0.3 is 21.3 Å². The van der Waals surface area contributed by atoms with E-state index in [9.17, 15) is 4.79 Å². The molecule has 0 unspecified atom stereocenters. The maximum atomic E-state index is 12.7. The molecule has 166 valence electrons. The molecule has 0 saturated heterocycles. The first kappa shape index (κ1) is 20.8. The number of carbonyl (C=O) groups excluding carboxylic acids is 1. The summed E-state index contributed by atoms with van der Waals surface area (Å²) in [6, 6.07) is 7.58. The lowest BCUT2D eigenvalue weighted by Gasteiger charge is -2.17. The van der Waals surface area contributed by atoms with Gasteiger partial charge in [-0.25, -0.2) is 4.98 Å². The lowest BCUT2D eigenvalue weighted by molar-refractivity contribution is 0.0935. The van der Waals surface area contributed by atoms with Crippen LogP contribution in [0, 0.1) is 0 Å². The van der Waals surface area contributed by atoms with E-state index >= 15 is 0 Å². The molecule has 2 fully saturated rings. The summed E-state index contributed by atoms with van der Waals surface area (Å²) in [5, 5.41) is 13.2. The van der Waals surface area contributed by atoms with Gasteiger partial charge in [-0.15, -0.1) is 0 Å². The van der Waals surface area contributed by atoms with Crippen LogP contribution in [0.1, 0.15) is 60.0 Å². The van der Waals surface area contributed by atoms with Gasteiger partial charge in [0.05, 0.1) is 22.8 Å². The number of hydrogen-bond acceptors (Lipinski definition) is 6. The van der Waals surface area contributed by atoms with Crippen molar-refractivity contribution in [2.24, 2.45) is 4.99 Å². The van der Waals surface area contributed by atoms with Gasteiger partial charge in [-0.05, 0) is 62.3 Å². The minimum absolute atomic E-state index is 0.101. The molecule has 0 spiro atoms. The highest BCUT2D eigenvalue weighted by Crippen LogP contribution is 2.44. The Morgan fingerprint density at radius 1 is 1.31 bits per heavy atom. The van der Waals surface area contributed by atoms with Gasteiger partial charge in [-0.3, -0.25) is 9.79 Å². The van der Waals surface area contributed by atoms with Crippen LogP contribution in [0.25, 0.3) is 5.70 Å². The summed E-state index contributed by atoms with van der Waals surface area (Å²) >= 11 is 6.63. The number of hydrogen-bond donors (Lipinski definition) is 4. The van der Waals surface area contributed by atoms with Crippen LogP contribution in [-0.4, -0.2) is 35.5 Å². The molecule has 2 saturated carbocycles. The summed E-state index contributed by atoms with van der Waals surface area (Å²) in [5.41, 5.74) is 3.84. The molecule has 2 aliphatic carbocycles. The number of aliphatic imine (C=N–C) groups is 1. The van der Waals surface area contributed by atoms with E-state index in [-0.39, 0.29) is 11.4 Å². The first-order chi connectivity index (χ1) is 15.4. The van der Waals surface area contributed by atoms with E-state index in [0.717, 1.165) is 67.4 Å². The Kier molecular flexibility index (Phi) is 5.29. The number of guanidine groups is 1. The molecular weight excluding hydrogens is 424 g/mol. The Morgan fingerprint density at radius 2 is 2.12 bits per heavy atom. The van der Waals surface area contributed by atoms with E-state index in [1.165, 1.54) is 0 Å². The first-order valence-electron chi connectivity index (χ1n) is 11.0. The third-order valence-corrected chi connectivity index (χ3v) is 6.55. The molecule has 3 aliphatic rings. The lowest BCUT2D eigenvalue weighted by atomic mass is 10.1. The van der Waals surface area contributed by atoms with Crippen molar-refractivity contribution in [3.63, 3.8) is 0 Å². The van der Waals surface area contributed by atoms with Gasteiger partial charge in [0.15, 0.2) is 5.96 Å². The smallest absolute Gasteiger partial charge is 0.253 e. The minimum Gasteiger partial charge on any atom is -0.354 e. The molecule has 1 aliphatic heterocycles. The molecule has 1 aromatic carbocycles. The van der Waals surface area contributed by atoms with Gasteiger partial charge in [0, 0.05) is 29.5 Å². The number of nitrogens with one attached hydrogen (secondary N) is 4. The normalized spacial score (nSPS) is 18.4. The third-order valence-electron chi connectivity index (χ3n) is 6.14. The van der Waals surface area contributed by atoms with Crippen molar-refractivity contribution >= 4 is 40.7 Å². The van der Waals surface area contributed by atoms with Crippen molar-refractivity contribution in [2.75, 3.05) is 18.4 Å². The highest BCUT2D eigenvalue weighted by molar-refractivity contribution is 6.36. The standard InChI is InChI=1S/C24H27ClN6O/c1-14(29-23-26-10-11-27-23)16-12-18(15-6-7-15)21(28-13-16)30-19-5-3-4-17(20(19)25)22(32)31-24(2)8-9-24/h3-5,12-13,15H,1,6-11H2,2H3,(H,28,30)(H,31,32)(H2,26,27,29). The number of carbonyl (C=O) groups is 1. The van der Waals surface area contributed by atoms with E-state index in [2.05, 4.69) is 43.9 Å². The molecule has 0 bridgehead atoms. The molecule has 0 radical (unpaired) electrons. The Hall–Kier alpha value is -3.06. The Labute approximate surface area is 192 Å². The third kappa shape index (κ3) is 4.43. The van der Waals surface area contributed by atoms with Crippen LogP contribution in [0.2, 0.25) is 5.02 Å². The predicted molar refractivity (Wildman–Crippen MR) is 129 cm³/mol. The van der Waals surface area contributed by atoms with Crippen LogP contribution >= 0.6 is 11.6 Å². The number of halogens is 1. The number of aromatic nitrogens is 1. The molecule has 32 heavy (non-hydrogen) atoms. The van der Waals surface area contributed by atoms with E-state index in [1.54, 1.807) is 12.3 Å². The van der Waals surface area contributed by atoms with Crippen LogP contribution in [-0.2, 0) is 0 Å². The fourth-order valence-electron chi connectivity index (χ4n) is 3.74. The second-order valence-electron chi connectivity index (χ2n) is 9.00. The average Bonchev–Trinajstić information content (AvgIpc) is 3.69. The molecule has 0 atom stereocenters. The van der Waals surface area contributed by atoms with Crippen LogP contribution in [0.5, 0.6) is 0 Å². The zero-order valence-corrected chi connectivity index (χ0v) is 18.9. The number of nitrogens with zero attached hydrogens (tertiary/aromatic N) is 2. The molecule has 1 aromatic heterocycles. The number of pyridine rings is 1. The van der Waals surface area contributed by atoms with Crippen LogP contribution in [0.15, 0.2) is 42.0 Å². The van der Waals surface area contributed by atoms with Gasteiger partial charge in [0.2, 0.25) is 0 Å². The molecule has 4 N–H and O–H groups in total. The van der Waals surface area contributed by atoms with Gasteiger partial charge >= 0.3 is 0 Å². The second kappa shape index (κ2) is 8.13. The highest BCUT2D eigenvalue weighted by atomic mass is 35.5. The number of anilines is 2. The van der Waals surface area contributed by atoms with Gasteiger partial charge in [-0.1, -0.05) is 24.2 Å². The summed E-state index contributed by atoms with van der Waals surface area (Å²) in [6.07, 6.45) is 6.04. The maximum absolute atomic E-state index is 12.7. The van der Waals surface area contributed by atoms with Crippen molar-refractivity contribution in [2.45, 2.75) is 44.1 Å². The monoisotopic (exact) mass is 450 g/mol. The largest absolute Gasteiger partial charge is 0.354 e. The van der Waals surface area contributed by atoms with E-state index in [0.29, 0.717) is 22.2 Å². The highest BCUT2D eigenvalue weighted by Gasteiger charge is 2.39. The molecule has 2 aromatic rings. The Bertz CT molecular complexity index is 1120. The van der Waals surface area contributed by atoms with Crippen molar-refractivity contribution in [3.05, 3.63) is 58.8 Å². The fraction of sp³-hybridized carbons (Fsp3) is 0.375. The number of amides is 1. The van der Waals surface area contributed by atoms with Crippen LogP contribution in [0.3, 0.4) is 0 Å². The van der Waals surface area contributed by atoms with E-state index in [4.69, 9.17) is 11.6 Å². The quantitative estimate of drug-likeness (QED) is 0.508. The summed E-state index contributed by atoms with van der Waals surface area (Å²) in [4.78, 5) is 21.7. The summed E-state index contributed by atoms with van der Waals surface area (Å²) in [6.45, 7) is 7.79. The molecule has 5 rings (SSSR count). The lowest BCUT2D eigenvalue weighted by Crippen LogP contribution is -2.34. The molecule has 7 nitrogen and oxygen atoms in total. The Balaban J connectivity index is 1.37. The van der Waals surface area contributed by atoms with Gasteiger partial charge in [-0.2, -0.15) is 0 Å². The average molecular weight is 451 g/mol. The predicted octanol–water partition coefficient (Wildman–Crippen LogP) is 4.16. The number of rotatable bonds is 7. The maximum Gasteiger partial charge on any atom is 0.253 e. The van der Waals surface area contributed by atoms with Crippen molar-refractivity contribution in [3.8, 4) is 0 Å². The van der Waals surface area contributed by atoms with Crippen LogP contribution < -0.4 is 21.3 Å². The zero-order chi connectivity index (χ0) is 22.3. The summed E-state index contributed by atoms with van der Waals surface area (Å²) in [7, 11) is 0. The molecule has 8 heteroatoms. The van der Waals surface area contributed by atoms with E-state index < -0.39 is 0 Å². The van der Waals surface area contributed by atoms with Crippen molar-refractivity contribution in [1.29, 1.82) is 0 Å². The molecule has 1 amide bonds. The molecular formula is C24H27ClN6O.